The van der Waals surface area contributed by atoms with Crippen LogP contribution in [0.5, 0.6) is 5.75 Å². The fourth-order valence-corrected chi connectivity index (χ4v) is 6.82. The third-order valence-corrected chi connectivity index (χ3v) is 9.03. The van der Waals surface area contributed by atoms with Crippen LogP contribution in [0.3, 0.4) is 0 Å². The summed E-state index contributed by atoms with van der Waals surface area (Å²) < 4.78 is 0. The summed E-state index contributed by atoms with van der Waals surface area (Å²) in [5.74, 6) is 2.17. The van der Waals surface area contributed by atoms with Crippen LogP contribution in [0.4, 0.5) is 17.3 Å². The second-order valence-electron chi connectivity index (χ2n) is 11.7. The lowest BCUT2D eigenvalue weighted by atomic mass is 9.92. The first-order valence-electron chi connectivity index (χ1n) is 14.7. The summed E-state index contributed by atoms with van der Waals surface area (Å²) in [7, 11) is 0. The smallest absolute Gasteiger partial charge is 0.227 e. The van der Waals surface area contributed by atoms with Crippen molar-refractivity contribution in [3.8, 4) is 5.75 Å². The number of phenols is 1. The zero-order valence-electron chi connectivity index (χ0n) is 22.5. The van der Waals surface area contributed by atoms with Crippen molar-refractivity contribution in [1.82, 2.24) is 14.9 Å². The lowest BCUT2D eigenvalue weighted by Crippen LogP contribution is -2.34. The highest BCUT2D eigenvalue weighted by Crippen LogP contribution is 2.41. The lowest BCUT2D eigenvalue weighted by molar-refractivity contribution is 0.297. The number of nitrogens with one attached hydrogen (secondary N) is 1. The summed E-state index contributed by atoms with van der Waals surface area (Å²) >= 11 is 0. The lowest BCUT2D eigenvalue weighted by Gasteiger charge is -2.34. The fraction of sp³-hybridized carbons (Fsp3) is 0.548. The molecule has 202 valence electrons. The highest BCUT2D eigenvalue weighted by Gasteiger charge is 2.24. The van der Waals surface area contributed by atoms with Crippen LogP contribution in [-0.4, -0.2) is 58.7 Å². The van der Waals surface area contributed by atoms with E-state index >= 15 is 0 Å². The van der Waals surface area contributed by atoms with Gasteiger partial charge in [-0.2, -0.15) is 0 Å². The van der Waals surface area contributed by atoms with E-state index in [0.29, 0.717) is 23.7 Å². The van der Waals surface area contributed by atoms with Gasteiger partial charge in [0.15, 0.2) is 0 Å². The first-order chi connectivity index (χ1) is 18.6. The minimum Gasteiger partial charge on any atom is -0.508 e. The van der Waals surface area contributed by atoms with Gasteiger partial charge in [0.05, 0.1) is 5.52 Å². The van der Waals surface area contributed by atoms with E-state index in [-0.39, 0.29) is 0 Å². The minimum atomic E-state index is 0.360. The number of hydrogen-bond acceptors (Lipinski definition) is 7. The van der Waals surface area contributed by atoms with Crippen LogP contribution in [0.25, 0.3) is 10.9 Å². The first-order valence-corrected chi connectivity index (χ1v) is 14.7. The summed E-state index contributed by atoms with van der Waals surface area (Å²) in [6.45, 7) is 5.75. The number of phenolic OH excluding ortho intramolecular Hbond substituents is 1. The number of nitrogens with zero attached hydrogens (tertiary/aromatic N) is 4. The molecule has 1 aliphatic carbocycles. The van der Waals surface area contributed by atoms with Crippen molar-refractivity contribution in [2.75, 3.05) is 42.9 Å². The van der Waals surface area contributed by atoms with Gasteiger partial charge in [-0.25, -0.2) is 9.97 Å². The molecule has 2 aliphatic heterocycles. The van der Waals surface area contributed by atoms with Gasteiger partial charge in [0.25, 0.3) is 0 Å². The maximum atomic E-state index is 10.6. The predicted octanol–water partition coefficient (Wildman–Crippen LogP) is 5.77. The van der Waals surface area contributed by atoms with Crippen molar-refractivity contribution in [2.45, 2.75) is 69.7 Å². The molecule has 3 aromatic rings. The molecule has 3 aliphatic rings. The number of fused-ring (bicyclic) bond motifs is 1. The van der Waals surface area contributed by atoms with E-state index in [4.69, 9.17) is 10.7 Å². The van der Waals surface area contributed by atoms with Crippen molar-refractivity contribution >= 4 is 28.2 Å². The number of aromatic hydroxyl groups is 1. The molecule has 1 saturated carbocycles. The number of hydrogen-bond donors (Lipinski definition) is 3. The van der Waals surface area contributed by atoms with E-state index in [1.54, 1.807) is 6.07 Å². The highest BCUT2D eigenvalue weighted by atomic mass is 16.3. The van der Waals surface area contributed by atoms with Crippen molar-refractivity contribution in [2.24, 2.45) is 11.7 Å². The standard InChI is InChI=1S/C31H42N6O/c32-25-15-17-36(21-25)16-3-4-22-13-18-37(19-14-22)27-10-8-26(9-11-27)34-31-33-20-24-7-12-28(38)29(30(24)35-31)23-5-1-2-6-23/h7-12,20,22-23,25,38H,1-6,13-19,21,32H2,(H,33,34,35). The summed E-state index contributed by atoms with van der Waals surface area (Å²) in [4.78, 5) is 14.5. The molecule has 3 fully saturated rings. The Morgan fingerprint density at radius 1 is 0.947 bits per heavy atom. The molecular formula is C31H42N6O. The molecule has 2 aromatic carbocycles. The van der Waals surface area contributed by atoms with Gasteiger partial charge in [-0.05, 0) is 106 Å². The van der Waals surface area contributed by atoms with Crippen LogP contribution >= 0.6 is 0 Å². The summed E-state index contributed by atoms with van der Waals surface area (Å²) in [5, 5.41) is 15.0. The van der Waals surface area contributed by atoms with Crippen molar-refractivity contribution in [3.05, 3.63) is 48.2 Å². The van der Waals surface area contributed by atoms with E-state index in [2.05, 4.69) is 44.4 Å². The van der Waals surface area contributed by atoms with Crippen LogP contribution in [0.15, 0.2) is 42.6 Å². The van der Waals surface area contributed by atoms with Crippen molar-refractivity contribution < 1.29 is 5.11 Å². The van der Waals surface area contributed by atoms with Gasteiger partial charge < -0.3 is 26.0 Å². The molecule has 0 bridgehead atoms. The van der Waals surface area contributed by atoms with Crippen LogP contribution in [0, 0.1) is 5.92 Å². The molecule has 7 heteroatoms. The molecule has 38 heavy (non-hydrogen) atoms. The predicted molar refractivity (Wildman–Crippen MR) is 155 cm³/mol. The Morgan fingerprint density at radius 3 is 2.47 bits per heavy atom. The van der Waals surface area contributed by atoms with E-state index in [9.17, 15) is 5.11 Å². The summed E-state index contributed by atoms with van der Waals surface area (Å²) in [6, 6.07) is 12.7. The van der Waals surface area contributed by atoms with E-state index in [0.717, 1.165) is 67.0 Å². The molecule has 7 nitrogen and oxygen atoms in total. The van der Waals surface area contributed by atoms with E-state index in [1.165, 1.54) is 57.3 Å². The fourth-order valence-electron chi connectivity index (χ4n) is 6.82. The van der Waals surface area contributed by atoms with Crippen molar-refractivity contribution in [1.29, 1.82) is 0 Å². The van der Waals surface area contributed by atoms with Gasteiger partial charge in [-0.15, -0.1) is 0 Å². The molecule has 3 heterocycles. The molecule has 0 amide bonds. The Balaban J connectivity index is 1.04. The second kappa shape index (κ2) is 11.5. The van der Waals surface area contributed by atoms with Crippen LogP contribution in [0.2, 0.25) is 0 Å². The first kappa shape index (κ1) is 25.4. The Labute approximate surface area is 226 Å². The SMILES string of the molecule is NC1CCN(CCCC2CCN(c3ccc(Nc4ncc5ccc(O)c(C6CCCC6)c5n4)cc3)CC2)C1. The number of aromatic nitrogens is 2. The molecule has 6 rings (SSSR count). The van der Waals surface area contributed by atoms with Crippen molar-refractivity contribution in [3.63, 3.8) is 0 Å². The number of anilines is 3. The second-order valence-corrected chi connectivity index (χ2v) is 11.7. The molecule has 0 spiro atoms. The van der Waals surface area contributed by atoms with Gasteiger partial charge in [0.2, 0.25) is 5.95 Å². The number of nitrogens with two attached hydrogens (primary N) is 1. The molecule has 1 atom stereocenters. The Morgan fingerprint density at radius 2 is 1.74 bits per heavy atom. The van der Waals surface area contributed by atoms with Gasteiger partial charge >= 0.3 is 0 Å². The van der Waals surface area contributed by atoms with E-state index < -0.39 is 0 Å². The maximum absolute atomic E-state index is 10.6. The minimum absolute atomic E-state index is 0.360. The van der Waals surface area contributed by atoms with Crippen LogP contribution in [0.1, 0.15) is 69.3 Å². The number of piperidine rings is 1. The Hall–Kier alpha value is -2.90. The highest BCUT2D eigenvalue weighted by molar-refractivity contribution is 5.85. The molecular weight excluding hydrogens is 472 g/mol. The van der Waals surface area contributed by atoms with Gasteiger partial charge in [-0.3, -0.25) is 0 Å². The molecule has 2 saturated heterocycles. The largest absolute Gasteiger partial charge is 0.508 e. The zero-order valence-corrected chi connectivity index (χ0v) is 22.5. The summed E-state index contributed by atoms with van der Waals surface area (Å²) in [6.07, 6.45) is 12.9. The third-order valence-electron chi connectivity index (χ3n) is 9.03. The Bertz CT molecular complexity index is 1220. The zero-order chi connectivity index (χ0) is 25.9. The molecule has 0 radical (unpaired) electrons. The van der Waals surface area contributed by atoms with Gasteiger partial charge in [0, 0.05) is 54.2 Å². The molecule has 4 N–H and O–H groups in total. The maximum Gasteiger partial charge on any atom is 0.227 e. The average molecular weight is 515 g/mol. The van der Waals surface area contributed by atoms with E-state index in [1.807, 2.05) is 12.3 Å². The van der Waals surface area contributed by atoms with Crippen LogP contribution in [-0.2, 0) is 0 Å². The number of rotatable bonds is 8. The normalized spacial score (nSPS) is 21.5. The monoisotopic (exact) mass is 514 g/mol. The quantitative estimate of drug-likeness (QED) is 0.352. The van der Waals surface area contributed by atoms with Gasteiger partial charge in [-0.1, -0.05) is 12.8 Å². The van der Waals surface area contributed by atoms with Crippen LogP contribution < -0.4 is 16.0 Å². The third kappa shape index (κ3) is 5.74. The molecule has 1 unspecified atom stereocenters. The summed E-state index contributed by atoms with van der Waals surface area (Å²) in [5.41, 5.74) is 10.2. The number of likely N-dealkylation sites (tertiary alicyclic amines) is 1. The Kier molecular flexibility index (Phi) is 7.65. The number of benzene rings is 2. The van der Waals surface area contributed by atoms with Gasteiger partial charge in [0.1, 0.15) is 5.75 Å². The topological polar surface area (TPSA) is 90.5 Å². The molecule has 1 aromatic heterocycles. The average Bonchev–Trinajstić information content (AvgIpc) is 3.61.